The van der Waals surface area contributed by atoms with Gasteiger partial charge in [0.15, 0.2) is 6.10 Å². The van der Waals surface area contributed by atoms with Crippen molar-refractivity contribution in [2.75, 3.05) is 5.32 Å². The maximum atomic E-state index is 12.4. The summed E-state index contributed by atoms with van der Waals surface area (Å²) in [7, 11) is 0. The van der Waals surface area contributed by atoms with Gasteiger partial charge in [-0.2, -0.15) is 4.98 Å². The van der Waals surface area contributed by atoms with Crippen LogP contribution in [0.4, 0.5) is 5.69 Å². The van der Waals surface area contributed by atoms with Gasteiger partial charge in [-0.15, -0.1) is 11.3 Å². The number of nitrogens with zero attached hydrogens (tertiary/aromatic N) is 2. The number of hydrogen-bond donors (Lipinski definition) is 1. The monoisotopic (exact) mass is 391 g/mol. The van der Waals surface area contributed by atoms with Gasteiger partial charge in [0, 0.05) is 16.3 Å². The van der Waals surface area contributed by atoms with E-state index in [1.807, 2.05) is 19.9 Å². The molecule has 1 N–H and O–H groups in total. The molecule has 0 fully saturated rings. The SMILES string of the molecule is CCc1nc(-c2cc(NC(=O)[C@H](C)Oc3cccc(Cl)c3)c(C)s2)no1. The molecule has 136 valence electrons. The second kappa shape index (κ2) is 7.88. The number of anilines is 1. The van der Waals surface area contributed by atoms with Crippen molar-refractivity contribution >= 4 is 34.5 Å². The van der Waals surface area contributed by atoms with Crippen molar-refractivity contribution in [1.29, 1.82) is 0 Å². The first-order chi connectivity index (χ1) is 12.5. The molecule has 0 bridgehead atoms. The van der Waals surface area contributed by atoms with Crippen LogP contribution in [-0.4, -0.2) is 22.2 Å². The molecule has 3 aromatic rings. The summed E-state index contributed by atoms with van der Waals surface area (Å²) in [6, 6.07) is 8.78. The Balaban J connectivity index is 1.69. The Morgan fingerprint density at radius 1 is 1.42 bits per heavy atom. The van der Waals surface area contributed by atoms with Crippen LogP contribution in [0, 0.1) is 6.92 Å². The van der Waals surface area contributed by atoms with Crippen molar-refractivity contribution in [2.24, 2.45) is 0 Å². The van der Waals surface area contributed by atoms with Crippen LogP contribution in [0.5, 0.6) is 5.75 Å². The van der Waals surface area contributed by atoms with Gasteiger partial charge in [0.2, 0.25) is 11.7 Å². The Hall–Kier alpha value is -2.38. The van der Waals surface area contributed by atoms with E-state index in [1.54, 1.807) is 31.2 Å². The lowest BCUT2D eigenvalue weighted by Crippen LogP contribution is -2.30. The second-order valence-corrected chi connectivity index (χ2v) is 7.35. The highest BCUT2D eigenvalue weighted by Gasteiger charge is 2.19. The molecular formula is C18H18ClN3O3S. The molecule has 0 spiro atoms. The maximum absolute atomic E-state index is 12.4. The topological polar surface area (TPSA) is 77.2 Å². The minimum atomic E-state index is -0.673. The van der Waals surface area contributed by atoms with E-state index in [2.05, 4.69) is 15.5 Å². The second-order valence-electron chi connectivity index (χ2n) is 5.65. The molecule has 0 aliphatic carbocycles. The van der Waals surface area contributed by atoms with Crippen LogP contribution in [0.25, 0.3) is 10.7 Å². The number of aromatic nitrogens is 2. The molecule has 0 aliphatic rings. The molecule has 2 heterocycles. The number of hydrogen-bond acceptors (Lipinski definition) is 6. The number of ether oxygens (including phenoxy) is 1. The van der Waals surface area contributed by atoms with Crippen LogP contribution < -0.4 is 10.1 Å². The van der Waals surface area contributed by atoms with Crippen LogP contribution >= 0.6 is 22.9 Å². The zero-order valence-corrected chi connectivity index (χ0v) is 16.1. The summed E-state index contributed by atoms with van der Waals surface area (Å²) in [5.41, 5.74) is 0.708. The Bertz CT molecular complexity index is 922. The molecule has 0 saturated carbocycles. The molecule has 0 aliphatic heterocycles. The fourth-order valence-electron chi connectivity index (χ4n) is 2.25. The fraction of sp³-hybridized carbons (Fsp3) is 0.278. The number of carbonyl (C=O) groups excluding carboxylic acids is 1. The summed E-state index contributed by atoms with van der Waals surface area (Å²) in [6.07, 6.45) is 0.00680. The smallest absolute Gasteiger partial charge is 0.265 e. The number of halogens is 1. The molecule has 1 atom stereocenters. The molecular weight excluding hydrogens is 374 g/mol. The maximum Gasteiger partial charge on any atom is 0.265 e. The first-order valence-electron chi connectivity index (χ1n) is 8.12. The molecule has 1 aromatic carbocycles. The molecule has 6 nitrogen and oxygen atoms in total. The van der Waals surface area contributed by atoms with Crippen LogP contribution in [0.3, 0.4) is 0 Å². The Kier molecular flexibility index (Phi) is 5.58. The van der Waals surface area contributed by atoms with E-state index in [9.17, 15) is 4.79 Å². The highest BCUT2D eigenvalue weighted by Crippen LogP contribution is 2.33. The zero-order chi connectivity index (χ0) is 18.7. The molecule has 0 unspecified atom stereocenters. The van der Waals surface area contributed by atoms with Gasteiger partial charge in [-0.05, 0) is 38.1 Å². The van der Waals surface area contributed by atoms with Gasteiger partial charge in [0.25, 0.3) is 5.91 Å². The van der Waals surface area contributed by atoms with Gasteiger partial charge in [0.1, 0.15) is 5.75 Å². The zero-order valence-electron chi connectivity index (χ0n) is 14.6. The molecule has 0 radical (unpaired) electrons. The summed E-state index contributed by atoms with van der Waals surface area (Å²) in [5, 5.41) is 7.40. The van der Waals surface area contributed by atoms with Crippen molar-refractivity contribution in [2.45, 2.75) is 33.3 Å². The van der Waals surface area contributed by atoms with Gasteiger partial charge in [-0.25, -0.2) is 0 Å². The Labute approximate surface area is 160 Å². The lowest BCUT2D eigenvalue weighted by Gasteiger charge is -2.14. The standard InChI is InChI=1S/C18H18ClN3O3S/c1-4-16-21-17(22-25-16)15-9-14(11(3)26-15)20-18(23)10(2)24-13-7-5-6-12(19)8-13/h5-10H,4H2,1-3H3,(H,20,23)/t10-/m0/s1. The minimum absolute atomic E-state index is 0.250. The van der Waals surface area contributed by atoms with Gasteiger partial charge in [-0.3, -0.25) is 4.79 Å². The Morgan fingerprint density at radius 3 is 2.92 bits per heavy atom. The number of carbonyl (C=O) groups is 1. The van der Waals surface area contributed by atoms with Crippen LogP contribution in [-0.2, 0) is 11.2 Å². The van der Waals surface area contributed by atoms with Gasteiger partial charge in [0.05, 0.1) is 10.6 Å². The summed E-state index contributed by atoms with van der Waals surface area (Å²) in [6.45, 7) is 5.56. The summed E-state index contributed by atoms with van der Waals surface area (Å²) >= 11 is 7.43. The fourth-order valence-corrected chi connectivity index (χ4v) is 3.33. The van der Waals surface area contributed by atoms with Crippen molar-refractivity contribution in [1.82, 2.24) is 10.1 Å². The highest BCUT2D eigenvalue weighted by atomic mass is 35.5. The van der Waals surface area contributed by atoms with Crippen molar-refractivity contribution in [3.63, 3.8) is 0 Å². The van der Waals surface area contributed by atoms with Crippen LogP contribution in [0.1, 0.15) is 24.6 Å². The third-order valence-electron chi connectivity index (χ3n) is 3.64. The predicted molar refractivity (Wildman–Crippen MR) is 102 cm³/mol. The first-order valence-corrected chi connectivity index (χ1v) is 9.32. The number of rotatable bonds is 6. The van der Waals surface area contributed by atoms with Crippen molar-refractivity contribution in [3.8, 4) is 16.5 Å². The number of aryl methyl sites for hydroxylation is 2. The van der Waals surface area contributed by atoms with E-state index in [-0.39, 0.29) is 5.91 Å². The third kappa shape index (κ3) is 4.23. The molecule has 8 heteroatoms. The quantitative estimate of drug-likeness (QED) is 0.657. The summed E-state index contributed by atoms with van der Waals surface area (Å²) < 4.78 is 10.8. The van der Waals surface area contributed by atoms with Gasteiger partial charge >= 0.3 is 0 Å². The average Bonchev–Trinajstić information content (AvgIpc) is 3.22. The minimum Gasteiger partial charge on any atom is -0.481 e. The average molecular weight is 392 g/mol. The number of thiophene rings is 1. The van der Waals surface area contributed by atoms with Crippen molar-refractivity contribution < 1.29 is 14.1 Å². The largest absolute Gasteiger partial charge is 0.481 e. The highest BCUT2D eigenvalue weighted by molar-refractivity contribution is 7.16. The Morgan fingerprint density at radius 2 is 2.23 bits per heavy atom. The molecule has 0 saturated heterocycles. The summed E-state index contributed by atoms with van der Waals surface area (Å²) in [4.78, 5) is 18.5. The van der Waals surface area contributed by atoms with E-state index in [4.69, 9.17) is 20.9 Å². The van der Waals surface area contributed by atoms with Gasteiger partial charge in [-0.1, -0.05) is 29.7 Å². The van der Waals surface area contributed by atoms with E-state index < -0.39 is 6.10 Å². The number of benzene rings is 1. The van der Waals surface area contributed by atoms with Crippen LogP contribution in [0.15, 0.2) is 34.9 Å². The number of amides is 1. The number of nitrogens with one attached hydrogen (secondary N) is 1. The van der Waals surface area contributed by atoms with E-state index in [1.165, 1.54) is 11.3 Å². The first kappa shape index (κ1) is 18.4. The molecule has 26 heavy (non-hydrogen) atoms. The van der Waals surface area contributed by atoms with E-state index in [0.717, 1.165) is 9.75 Å². The molecule has 3 rings (SSSR count). The van der Waals surface area contributed by atoms with E-state index in [0.29, 0.717) is 34.6 Å². The molecule has 2 aromatic heterocycles. The normalized spacial score (nSPS) is 12.0. The predicted octanol–water partition coefficient (Wildman–Crippen LogP) is 4.73. The van der Waals surface area contributed by atoms with Gasteiger partial charge < -0.3 is 14.6 Å². The van der Waals surface area contributed by atoms with Crippen molar-refractivity contribution in [3.05, 3.63) is 46.1 Å². The summed E-state index contributed by atoms with van der Waals surface area (Å²) in [5.74, 6) is 1.40. The lowest BCUT2D eigenvalue weighted by atomic mass is 10.3. The lowest BCUT2D eigenvalue weighted by molar-refractivity contribution is -0.122. The molecule has 1 amide bonds. The third-order valence-corrected chi connectivity index (χ3v) is 4.93. The van der Waals surface area contributed by atoms with E-state index >= 15 is 0 Å². The van der Waals surface area contributed by atoms with Crippen LogP contribution in [0.2, 0.25) is 5.02 Å².